The molecule has 0 aliphatic heterocycles. The Morgan fingerprint density at radius 1 is 1.05 bits per heavy atom. The van der Waals surface area contributed by atoms with Crippen molar-refractivity contribution in [1.29, 1.82) is 0 Å². The van der Waals surface area contributed by atoms with Crippen LogP contribution in [-0.2, 0) is 11.2 Å². The average molecular weight is 353 g/mol. The van der Waals surface area contributed by atoms with E-state index in [9.17, 15) is 4.79 Å². The Morgan fingerprint density at radius 2 is 1.77 bits per heavy atom. The molecule has 3 nitrogen and oxygen atoms in total. The van der Waals surface area contributed by atoms with E-state index in [1.54, 1.807) is 18.2 Å². The number of carbonyl (C=O) groups excluding carboxylic acids is 1. The summed E-state index contributed by atoms with van der Waals surface area (Å²) in [5.41, 5.74) is 1.66. The Morgan fingerprint density at radius 3 is 2.50 bits per heavy atom. The fraction of sp³-hybridized carbons (Fsp3) is 0.125. The first kappa shape index (κ1) is 16.7. The van der Waals surface area contributed by atoms with Gasteiger partial charge in [0, 0.05) is 6.42 Å². The van der Waals surface area contributed by atoms with Crippen LogP contribution < -0.4 is 10.6 Å². The van der Waals surface area contributed by atoms with Gasteiger partial charge in [0.1, 0.15) is 0 Å². The van der Waals surface area contributed by atoms with E-state index in [0.29, 0.717) is 28.6 Å². The van der Waals surface area contributed by atoms with Crippen LogP contribution in [0.1, 0.15) is 12.0 Å². The largest absolute Gasteiger partial charge is 0.331 e. The average Bonchev–Trinajstić information content (AvgIpc) is 2.51. The van der Waals surface area contributed by atoms with Gasteiger partial charge in [-0.25, -0.2) is 0 Å². The maximum atomic E-state index is 11.9. The molecule has 0 bridgehead atoms. The zero-order chi connectivity index (χ0) is 15.9. The summed E-state index contributed by atoms with van der Waals surface area (Å²) in [4.78, 5) is 11.9. The first-order chi connectivity index (χ1) is 10.6. The van der Waals surface area contributed by atoms with Gasteiger partial charge < -0.3 is 10.6 Å². The van der Waals surface area contributed by atoms with E-state index in [4.69, 9.17) is 35.4 Å². The highest BCUT2D eigenvalue weighted by atomic mass is 35.5. The number of thiocarbonyl (C=S) groups is 1. The van der Waals surface area contributed by atoms with E-state index >= 15 is 0 Å². The monoisotopic (exact) mass is 352 g/mol. The SMILES string of the molecule is O=C(CCc1ccccc1)NC(=S)Nc1cccc(Cl)c1Cl. The van der Waals surface area contributed by atoms with Gasteiger partial charge in [0.15, 0.2) is 5.11 Å². The predicted octanol–water partition coefficient (Wildman–Crippen LogP) is 4.44. The molecule has 0 fully saturated rings. The molecule has 0 aliphatic rings. The maximum Gasteiger partial charge on any atom is 0.226 e. The molecule has 2 aromatic rings. The first-order valence-electron chi connectivity index (χ1n) is 6.65. The second kappa shape index (κ2) is 8.13. The van der Waals surface area contributed by atoms with Crippen LogP contribution in [0, 0.1) is 0 Å². The van der Waals surface area contributed by atoms with Gasteiger partial charge in [0.25, 0.3) is 0 Å². The van der Waals surface area contributed by atoms with Crippen LogP contribution in [0.5, 0.6) is 0 Å². The van der Waals surface area contributed by atoms with E-state index in [2.05, 4.69) is 10.6 Å². The molecule has 2 N–H and O–H groups in total. The molecule has 0 aliphatic carbocycles. The molecule has 2 rings (SSSR count). The lowest BCUT2D eigenvalue weighted by Crippen LogP contribution is -2.34. The molecule has 1 amide bonds. The smallest absolute Gasteiger partial charge is 0.226 e. The number of halogens is 2. The van der Waals surface area contributed by atoms with Crippen molar-refractivity contribution in [3.8, 4) is 0 Å². The van der Waals surface area contributed by atoms with Gasteiger partial charge in [0.05, 0.1) is 15.7 Å². The fourth-order valence-corrected chi connectivity index (χ4v) is 2.42. The highest BCUT2D eigenvalue weighted by Crippen LogP contribution is 2.29. The topological polar surface area (TPSA) is 41.1 Å². The zero-order valence-corrected chi connectivity index (χ0v) is 13.9. The van der Waals surface area contributed by atoms with Crippen molar-refractivity contribution in [3.63, 3.8) is 0 Å². The Kier molecular flexibility index (Phi) is 6.19. The fourth-order valence-electron chi connectivity index (χ4n) is 1.85. The second-order valence-electron chi connectivity index (χ2n) is 4.59. The van der Waals surface area contributed by atoms with Crippen molar-refractivity contribution < 1.29 is 4.79 Å². The lowest BCUT2D eigenvalue weighted by molar-refractivity contribution is -0.119. The standard InChI is InChI=1S/C16H14Cl2N2OS/c17-12-7-4-8-13(15(12)18)19-16(22)20-14(21)10-9-11-5-2-1-3-6-11/h1-8H,9-10H2,(H2,19,20,21,22). The summed E-state index contributed by atoms with van der Waals surface area (Å²) in [6, 6.07) is 15.0. The van der Waals surface area contributed by atoms with Crippen LogP contribution in [0.3, 0.4) is 0 Å². The summed E-state index contributed by atoms with van der Waals surface area (Å²) < 4.78 is 0. The van der Waals surface area contributed by atoms with Crippen molar-refractivity contribution in [2.45, 2.75) is 12.8 Å². The van der Waals surface area contributed by atoms with Crippen LogP contribution in [0.2, 0.25) is 10.0 Å². The van der Waals surface area contributed by atoms with Crippen molar-refractivity contribution >= 4 is 52.1 Å². The van der Waals surface area contributed by atoms with Gasteiger partial charge >= 0.3 is 0 Å². The van der Waals surface area contributed by atoms with Gasteiger partial charge in [-0.15, -0.1) is 0 Å². The predicted molar refractivity (Wildman–Crippen MR) is 95.6 cm³/mol. The Labute approximate surface area is 144 Å². The molecule has 2 aromatic carbocycles. The minimum atomic E-state index is -0.153. The van der Waals surface area contributed by atoms with E-state index < -0.39 is 0 Å². The van der Waals surface area contributed by atoms with Gasteiger partial charge in [0.2, 0.25) is 5.91 Å². The molecule has 0 heterocycles. The number of amides is 1. The van der Waals surface area contributed by atoms with Crippen molar-refractivity contribution in [1.82, 2.24) is 5.32 Å². The summed E-state index contributed by atoms with van der Waals surface area (Å²) in [7, 11) is 0. The number of carbonyl (C=O) groups is 1. The third-order valence-corrected chi connectivity index (χ3v) is 3.96. The maximum absolute atomic E-state index is 11.9. The van der Waals surface area contributed by atoms with Crippen LogP contribution in [-0.4, -0.2) is 11.0 Å². The highest BCUT2D eigenvalue weighted by molar-refractivity contribution is 7.80. The van der Waals surface area contributed by atoms with E-state index in [1.165, 1.54) is 0 Å². The molecule has 0 spiro atoms. The van der Waals surface area contributed by atoms with Crippen LogP contribution in [0.4, 0.5) is 5.69 Å². The van der Waals surface area contributed by atoms with Crippen LogP contribution in [0.15, 0.2) is 48.5 Å². The summed E-state index contributed by atoms with van der Waals surface area (Å²) in [6.45, 7) is 0. The Hall–Kier alpha value is -1.62. The Bertz CT molecular complexity index is 677. The third kappa shape index (κ3) is 4.98. The molecule has 114 valence electrons. The molecule has 6 heteroatoms. The third-order valence-electron chi connectivity index (χ3n) is 2.94. The van der Waals surface area contributed by atoms with Crippen molar-refractivity contribution in [3.05, 3.63) is 64.1 Å². The van der Waals surface area contributed by atoms with E-state index in [1.807, 2.05) is 30.3 Å². The van der Waals surface area contributed by atoms with Crippen molar-refractivity contribution in [2.24, 2.45) is 0 Å². The molecule has 0 radical (unpaired) electrons. The number of nitrogens with one attached hydrogen (secondary N) is 2. The van der Waals surface area contributed by atoms with Gasteiger partial charge in [-0.05, 0) is 36.3 Å². The summed E-state index contributed by atoms with van der Waals surface area (Å²) >= 11 is 17.1. The molecule has 22 heavy (non-hydrogen) atoms. The van der Waals surface area contributed by atoms with Crippen molar-refractivity contribution in [2.75, 3.05) is 5.32 Å². The normalized spacial score (nSPS) is 10.1. The minimum Gasteiger partial charge on any atom is -0.331 e. The zero-order valence-electron chi connectivity index (χ0n) is 11.6. The number of hydrogen-bond donors (Lipinski definition) is 2. The van der Waals surface area contributed by atoms with Gasteiger partial charge in [-0.2, -0.15) is 0 Å². The molecule has 0 saturated heterocycles. The summed E-state index contributed by atoms with van der Waals surface area (Å²) in [6.07, 6.45) is 1.02. The van der Waals surface area contributed by atoms with E-state index in [-0.39, 0.29) is 11.0 Å². The van der Waals surface area contributed by atoms with Gasteiger partial charge in [-0.1, -0.05) is 59.6 Å². The number of hydrogen-bond acceptors (Lipinski definition) is 2. The lowest BCUT2D eigenvalue weighted by atomic mass is 10.1. The number of aryl methyl sites for hydroxylation is 1. The molecular weight excluding hydrogens is 339 g/mol. The lowest BCUT2D eigenvalue weighted by Gasteiger charge is -2.11. The summed E-state index contributed by atoms with van der Waals surface area (Å²) in [5, 5.41) is 6.47. The van der Waals surface area contributed by atoms with Crippen LogP contribution in [0.25, 0.3) is 0 Å². The quantitative estimate of drug-likeness (QED) is 0.799. The Balaban J connectivity index is 1.84. The number of rotatable bonds is 4. The molecule has 0 atom stereocenters. The summed E-state index contributed by atoms with van der Waals surface area (Å²) in [5.74, 6) is -0.153. The molecular formula is C16H14Cl2N2OS. The first-order valence-corrected chi connectivity index (χ1v) is 7.81. The number of benzene rings is 2. The minimum absolute atomic E-state index is 0.153. The second-order valence-corrected chi connectivity index (χ2v) is 5.78. The van der Waals surface area contributed by atoms with Crippen LogP contribution >= 0.6 is 35.4 Å². The highest BCUT2D eigenvalue weighted by Gasteiger charge is 2.08. The molecule has 0 aromatic heterocycles. The number of anilines is 1. The molecule has 0 unspecified atom stereocenters. The van der Waals surface area contributed by atoms with Gasteiger partial charge in [-0.3, -0.25) is 4.79 Å². The molecule has 0 saturated carbocycles. The van der Waals surface area contributed by atoms with E-state index in [0.717, 1.165) is 5.56 Å².